The van der Waals surface area contributed by atoms with E-state index in [0.717, 1.165) is 12.0 Å². The molecule has 5 rings (SSSR count). The predicted molar refractivity (Wildman–Crippen MR) is 160 cm³/mol. The van der Waals surface area contributed by atoms with Gasteiger partial charge < -0.3 is 19.5 Å². The maximum atomic E-state index is 13.1. The summed E-state index contributed by atoms with van der Waals surface area (Å²) in [5.41, 5.74) is 6.80. The lowest BCUT2D eigenvalue weighted by Crippen LogP contribution is -2.35. The number of halogens is 1. The fourth-order valence-corrected chi connectivity index (χ4v) is 5.47. The van der Waals surface area contributed by atoms with Crippen LogP contribution in [-0.4, -0.2) is 58.4 Å². The van der Waals surface area contributed by atoms with Crippen LogP contribution in [0.3, 0.4) is 0 Å². The summed E-state index contributed by atoms with van der Waals surface area (Å²) in [6.45, 7) is 7.31. The van der Waals surface area contributed by atoms with Gasteiger partial charge in [0.1, 0.15) is 5.82 Å². The van der Waals surface area contributed by atoms with E-state index in [9.17, 15) is 13.2 Å². The number of nitrogens with zero attached hydrogens (tertiary/aromatic N) is 6. The number of aryl methyl sites for hydroxylation is 1. The smallest absolute Gasteiger partial charge is 0.285 e. The molecular weight excluding hydrogens is 596 g/mol. The molecule has 3 N–H and O–H groups in total. The van der Waals surface area contributed by atoms with Gasteiger partial charge in [-0.05, 0) is 50.2 Å². The van der Waals surface area contributed by atoms with Gasteiger partial charge in [0.05, 0.1) is 28.4 Å². The van der Waals surface area contributed by atoms with E-state index in [4.69, 9.17) is 26.2 Å². The van der Waals surface area contributed by atoms with Gasteiger partial charge in [-0.1, -0.05) is 48.9 Å². The monoisotopic (exact) mass is 628 g/mol. The summed E-state index contributed by atoms with van der Waals surface area (Å²) in [7, 11) is -3.77. The van der Waals surface area contributed by atoms with Crippen LogP contribution in [0.5, 0.6) is 0 Å². The maximum absolute atomic E-state index is 13.1. The molecule has 3 heterocycles. The van der Waals surface area contributed by atoms with E-state index in [1.54, 1.807) is 24.8 Å². The molecule has 228 valence electrons. The standard InChI is InChI=1S/C28H33ClN8O5S/c1-5-43(39,40)36-24-23(29)20(25-33-35-27(42-25)28(4,30)13-18-9-7-6-8-10-18)12-22(31-24)37(14-19-11-16(19)2)15-21(38)26-34-32-17(3)41-26/h6-10,12,16,19H,5,11,13-15,30H2,1-4H3,(H,31,36). The van der Waals surface area contributed by atoms with Crippen LogP contribution in [0, 0.1) is 18.8 Å². The summed E-state index contributed by atoms with van der Waals surface area (Å²) in [5.74, 6) is 0.599. The van der Waals surface area contributed by atoms with Crippen molar-refractivity contribution in [3.05, 3.63) is 64.7 Å². The molecule has 1 saturated carbocycles. The topological polar surface area (TPSA) is 183 Å². The first-order valence-electron chi connectivity index (χ1n) is 13.8. The number of hydrogen-bond acceptors (Lipinski definition) is 12. The van der Waals surface area contributed by atoms with Gasteiger partial charge in [-0.15, -0.1) is 20.4 Å². The number of rotatable bonds is 13. The Morgan fingerprint density at radius 3 is 2.53 bits per heavy atom. The van der Waals surface area contributed by atoms with E-state index in [0.29, 0.717) is 24.8 Å². The Balaban J connectivity index is 1.54. The molecule has 1 aromatic carbocycles. The largest absolute Gasteiger partial charge is 0.419 e. The van der Waals surface area contributed by atoms with Gasteiger partial charge in [-0.25, -0.2) is 13.4 Å². The molecule has 1 aliphatic carbocycles. The average molecular weight is 629 g/mol. The number of anilines is 2. The van der Waals surface area contributed by atoms with Crippen molar-refractivity contribution < 1.29 is 22.0 Å². The number of carbonyl (C=O) groups excluding carboxylic acids is 1. The highest BCUT2D eigenvalue weighted by Gasteiger charge is 2.36. The fourth-order valence-electron chi connectivity index (χ4n) is 4.60. The van der Waals surface area contributed by atoms with Crippen molar-refractivity contribution in [3.63, 3.8) is 0 Å². The molecule has 0 bridgehead atoms. The highest BCUT2D eigenvalue weighted by Crippen LogP contribution is 2.41. The Morgan fingerprint density at radius 1 is 1.19 bits per heavy atom. The molecule has 1 aliphatic rings. The Hall–Kier alpha value is -3.88. The number of pyridine rings is 1. The first-order valence-corrected chi connectivity index (χ1v) is 15.8. The van der Waals surface area contributed by atoms with E-state index in [2.05, 4.69) is 37.0 Å². The molecule has 3 atom stereocenters. The molecule has 0 radical (unpaired) electrons. The SMILES string of the molecule is CCS(=O)(=O)Nc1nc(N(CC(=O)c2nnc(C)o2)CC2CC2C)cc(-c2nnc(C(C)(N)Cc3ccccc3)o2)c1Cl. The molecule has 13 nitrogen and oxygen atoms in total. The van der Waals surface area contributed by atoms with Crippen molar-refractivity contribution in [2.75, 3.05) is 28.5 Å². The number of carbonyl (C=O) groups is 1. The molecule has 0 spiro atoms. The minimum Gasteiger partial charge on any atom is -0.419 e. The molecular formula is C28H33ClN8O5S. The van der Waals surface area contributed by atoms with E-state index in [-0.39, 0.29) is 58.1 Å². The molecule has 15 heteroatoms. The summed E-state index contributed by atoms with van der Waals surface area (Å²) in [5, 5.41) is 16.0. The van der Waals surface area contributed by atoms with Crippen LogP contribution in [0.15, 0.2) is 45.2 Å². The Kier molecular flexibility index (Phi) is 8.54. The van der Waals surface area contributed by atoms with Crippen LogP contribution in [0.25, 0.3) is 11.5 Å². The lowest BCUT2D eigenvalue weighted by molar-refractivity contribution is 0.0964. The third-order valence-electron chi connectivity index (χ3n) is 7.29. The number of hydrogen-bond donors (Lipinski definition) is 2. The Bertz CT molecular complexity index is 1720. The summed E-state index contributed by atoms with van der Waals surface area (Å²) in [6, 6.07) is 11.2. The number of aromatic nitrogens is 5. The lowest BCUT2D eigenvalue weighted by Gasteiger charge is -2.24. The van der Waals surface area contributed by atoms with Gasteiger partial charge in [-0.2, -0.15) is 0 Å². The zero-order valence-corrected chi connectivity index (χ0v) is 25.8. The van der Waals surface area contributed by atoms with E-state index >= 15 is 0 Å². The summed E-state index contributed by atoms with van der Waals surface area (Å²) < 4.78 is 39.0. The number of nitrogens with one attached hydrogen (secondary N) is 1. The Labute approximate surface area is 254 Å². The summed E-state index contributed by atoms with van der Waals surface area (Å²) >= 11 is 6.71. The van der Waals surface area contributed by atoms with Crippen molar-refractivity contribution in [2.45, 2.75) is 46.1 Å². The highest BCUT2D eigenvalue weighted by atomic mass is 35.5. The lowest BCUT2D eigenvalue weighted by atomic mass is 9.94. The minimum atomic E-state index is -3.77. The molecule has 43 heavy (non-hydrogen) atoms. The van der Waals surface area contributed by atoms with Crippen molar-refractivity contribution >= 4 is 39.0 Å². The van der Waals surface area contributed by atoms with E-state index in [1.165, 1.54) is 6.92 Å². The third-order valence-corrected chi connectivity index (χ3v) is 8.94. The van der Waals surface area contributed by atoms with Crippen LogP contribution in [0.2, 0.25) is 5.02 Å². The second kappa shape index (κ2) is 12.0. The van der Waals surface area contributed by atoms with Crippen molar-refractivity contribution in [3.8, 4) is 11.5 Å². The number of benzene rings is 1. The second-order valence-corrected chi connectivity index (χ2v) is 13.5. The molecule has 0 saturated heterocycles. The first-order chi connectivity index (χ1) is 20.3. The predicted octanol–water partition coefficient (Wildman–Crippen LogP) is 4.00. The van der Waals surface area contributed by atoms with Crippen LogP contribution >= 0.6 is 11.6 Å². The first kappa shape index (κ1) is 30.6. The van der Waals surface area contributed by atoms with Crippen molar-refractivity contribution in [2.24, 2.45) is 17.6 Å². The van der Waals surface area contributed by atoms with E-state index < -0.39 is 21.3 Å². The van der Waals surface area contributed by atoms with Gasteiger partial charge in [0.2, 0.25) is 33.5 Å². The minimum absolute atomic E-state index is 0.0175. The molecule has 4 aromatic rings. The molecule has 3 aromatic heterocycles. The molecule has 1 fully saturated rings. The Morgan fingerprint density at radius 2 is 1.91 bits per heavy atom. The van der Waals surface area contributed by atoms with Gasteiger partial charge in [0.15, 0.2) is 5.82 Å². The maximum Gasteiger partial charge on any atom is 0.285 e. The zero-order chi connectivity index (χ0) is 30.9. The van der Waals surface area contributed by atoms with Crippen molar-refractivity contribution in [1.82, 2.24) is 25.4 Å². The summed E-state index contributed by atoms with van der Waals surface area (Å²) in [6.07, 6.45) is 1.40. The number of Topliss-reactive ketones (excluding diaryl/α,β-unsaturated/α-hetero) is 1. The van der Waals surface area contributed by atoms with Crippen LogP contribution in [-0.2, 0) is 22.0 Å². The molecule has 0 amide bonds. The number of sulfonamides is 1. The zero-order valence-electron chi connectivity index (χ0n) is 24.2. The summed E-state index contributed by atoms with van der Waals surface area (Å²) in [4.78, 5) is 19.4. The molecule has 0 aliphatic heterocycles. The normalized spacial score (nSPS) is 17.8. The average Bonchev–Trinajstić information content (AvgIpc) is 3.32. The number of ketones is 1. The van der Waals surface area contributed by atoms with Gasteiger partial charge in [0, 0.05) is 13.5 Å². The highest BCUT2D eigenvalue weighted by molar-refractivity contribution is 7.92. The quantitative estimate of drug-likeness (QED) is 0.203. The second-order valence-electron chi connectivity index (χ2n) is 11.1. The number of nitrogens with two attached hydrogens (primary N) is 1. The van der Waals surface area contributed by atoms with Gasteiger partial charge in [-0.3, -0.25) is 9.52 Å². The third kappa shape index (κ3) is 7.20. The van der Waals surface area contributed by atoms with Crippen LogP contribution in [0.1, 0.15) is 55.2 Å². The molecule has 3 unspecified atom stereocenters. The fraction of sp³-hybridized carbons (Fsp3) is 0.429. The van der Waals surface area contributed by atoms with Crippen LogP contribution in [0.4, 0.5) is 11.6 Å². The van der Waals surface area contributed by atoms with Crippen LogP contribution < -0.4 is 15.4 Å². The van der Waals surface area contributed by atoms with Gasteiger partial charge >= 0.3 is 0 Å². The van der Waals surface area contributed by atoms with E-state index in [1.807, 2.05) is 30.3 Å². The van der Waals surface area contributed by atoms with Gasteiger partial charge in [0.25, 0.3) is 5.89 Å². The van der Waals surface area contributed by atoms with Crippen molar-refractivity contribution in [1.29, 1.82) is 0 Å².